The van der Waals surface area contributed by atoms with Gasteiger partial charge < -0.3 is 5.32 Å². The molecule has 0 bridgehead atoms. The van der Waals surface area contributed by atoms with Crippen molar-refractivity contribution in [2.24, 2.45) is 5.92 Å². The van der Waals surface area contributed by atoms with Crippen molar-refractivity contribution in [1.29, 1.82) is 0 Å². The Morgan fingerprint density at radius 1 is 1.00 bits per heavy atom. The van der Waals surface area contributed by atoms with Crippen LogP contribution in [0.25, 0.3) is 0 Å². The number of hydrogen-bond donors (Lipinski definition) is 1. The lowest BCUT2D eigenvalue weighted by Crippen LogP contribution is -2.30. The van der Waals surface area contributed by atoms with Gasteiger partial charge in [0, 0.05) is 11.6 Å². The van der Waals surface area contributed by atoms with E-state index in [1.165, 1.54) is 29.3 Å². The maximum Gasteiger partial charge on any atom is 0.130 e. The first-order valence-corrected chi connectivity index (χ1v) is 7.44. The Morgan fingerprint density at radius 2 is 1.57 bits per heavy atom. The van der Waals surface area contributed by atoms with Crippen LogP contribution in [0.2, 0.25) is 0 Å². The molecule has 0 saturated heterocycles. The van der Waals surface area contributed by atoms with Crippen LogP contribution in [0.3, 0.4) is 0 Å². The van der Waals surface area contributed by atoms with E-state index in [-0.39, 0.29) is 17.5 Å². The Bertz CT molecular complexity index is 594. The third-order valence-electron chi connectivity index (χ3n) is 4.29. The fourth-order valence-corrected chi connectivity index (χ4v) is 3.36. The lowest BCUT2D eigenvalue weighted by molar-refractivity contribution is 0.355. The fourth-order valence-electron chi connectivity index (χ4n) is 3.36. The van der Waals surface area contributed by atoms with E-state index >= 15 is 0 Å². The van der Waals surface area contributed by atoms with Gasteiger partial charge in [0.05, 0.1) is 0 Å². The zero-order chi connectivity index (χ0) is 14.8. The van der Waals surface area contributed by atoms with Gasteiger partial charge in [0.15, 0.2) is 0 Å². The minimum Gasteiger partial charge on any atom is -0.310 e. The molecule has 110 valence electrons. The monoisotopic (exact) mass is 287 g/mol. The zero-order valence-electron chi connectivity index (χ0n) is 12.1. The Balaban J connectivity index is 1.94. The van der Waals surface area contributed by atoms with Gasteiger partial charge in [-0.05, 0) is 48.6 Å². The van der Waals surface area contributed by atoms with Crippen LogP contribution in [-0.2, 0) is 12.8 Å². The number of rotatable bonds is 4. The number of nitrogens with one attached hydrogen (secondary N) is 1. The molecule has 21 heavy (non-hydrogen) atoms. The summed E-state index contributed by atoms with van der Waals surface area (Å²) in [6, 6.07) is 12.1. The largest absolute Gasteiger partial charge is 0.310 e. The summed E-state index contributed by atoms with van der Waals surface area (Å²) >= 11 is 0. The average Bonchev–Trinajstić information content (AvgIpc) is 2.89. The van der Waals surface area contributed by atoms with Gasteiger partial charge in [-0.15, -0.1) is 0 Å². The first-order valence-electron chi connectivity index (χ1n) is 7.44. The van der Waals surface area contributed by atoms with Crippen LogP contribution >= 0.6 is 0 Å². The molecular formula is C18H19F2N. The number of benzene rings is 2. The van der Waals surface area contributed by atoms with Gasteiger partial charge in [0.25, 0.3) is 0 Å². The molecule has 0 spiro atoms. The normalized spacial score (nSPS) is 16.0. The minimum atomic E-state index is -0.461. The summed E-state index contributed by atoms with van der Waals surface area (Å²) in [4.78, 5) is 0. The van der Waals surface area contributed by atoms with E-state index in [2.05, 4.69) is 17.4 Å². The Morgan fingerprint density at radius 3 is 2.10 bits per heavy atom. The summed E-state index contributed by atoms with van der Waals surface area (Å²) in [5.74, 6) is -0.734. The van der Waals surface area contributed by atoms with Crippen molar-refractivity contribution in [3.63, 3.8) is 0 Å². The molecule has 0 saturated carbocycles. The first-order chi connectivity index (χ1) is 10.2. The minimum absolute atomic E-state index is 0.178. The van der Waals surface area contributed by atoms with Crippen LogP contribution in [0, 0.1) is 17.6 Å². The van der Waals surface area contributed by atoms with Gasteiger partial charge in [-0.3, -0.25) is 0 Å². The molecule has 0 radical (unpaired) electrons. The number of hydrogen-bond acceptors (Lipinski definition) is 1. The molecule has 0 aliphatic heterocycles. The molecule has 1 N–H and O–H groups in total. The quantitative estimate of drug-likeness (QED) is 0.895. The fraction of sp³-hybridized carbons (Fsp3) is 0.333. The average molecular weight is 287 g/mol. The topological polar surface area (TPSA) is 12.0 Å². The third-order valence-corrected chi connectivity index (χ3v) is 4.29. The van der Waals surface area contributed by atoms with Gasteiger partial charge >= 0.3 is 0 Å². The van der Waals surface area contributed by atoms with Gasteiger partial charge in [0.1, 0.15) is 11.6 Å². The van der Waals surface area contributed by atoms with Crippen molar-refractivity contribution >= 4 is 0 Å². The standard InChI is InChI=1S/C18H19F2N/c1-2-21-18(17-15(19)8-5-9-16(17)20)14-10-12-6-3-4-7-13(12)11-14/h3-9,14,18,21H,2,10-11H2,1H3. The number of fused-ring (bicyclic) bond motifs is 1. The maximum atomic E-state index is 14.1. The molecule has 3 heteroatoms. The molecule has 1 aliphatic carbocycles. The van der Waals surface area contributed by atoms with Crippen molar-refractivity contribution in [3.8, 4) is 0 Å². The van der Waals surface area contributed by atoms with Crippen LogP contribution in [-0.4, -0.2) is 6.54 Å². The second-order valence-corrected chi connectivity index (χ2v) is 5.61. The zero-order valence-corrected chi connectivity index (χ0v) is 12.1. The molecule has 1 atom stereocenters. The van der Waals surface area contributed by atoms with E-state index in [0.29, 0.717) is 6.54 Å². The molecule has 1 nitrogen and oxygen atoms in total. The van der Waals surface area contributed by atoms with E-state index in [1.807, 2.05) is 19.1 Å². The summed E-state index contributed by atoms with van der Waals surface area (Å²) < 4.78 is 28.3. The molecule has 0 amide bonds. The van der Waals surface area contributed by atoms with Crippen molar-refractivity contribution in [3.05, 3.63) is 70.8 Å². The van der Waals surface area contributed by atoms with Crippen LogP contribution in [0.5, 0.6) is 0 Å². The summed E-state index contributed by atoms with van der Waals surface area (Å²) in [5.41, 5.74) is 2.77. The second kappa shape index (κ2) is 5.94. The molecular weight excluding hydrogens is 268 g/mol. The first kappa shape index (κ1) is 14.2. The van der Waals surface area contributed by atoms with E-state index in [0.717, 1.165) is 12.8 Å². The Hall–Kier alpha value is -1.74. The summed E-state index contributed by atoms with van der Waals surface area (Å²) in [6.45, 7) is 2.65. The predicted molar refractivity (Wildman–Crippen MR) is 80.1 cm³/mol. The molecule has 0 aromatic heterocycles. The van der Waals surface area contributed by atoms with Crippen LogP contribution in [0.15, 0.2) is 42.5 Å². The van der Waals surface area contributed by atoms with Crippen molar-refractivity contribution in [2.45, 2.75) is 25.8 Å². The molecule has 2 aromatic rings. The van der Waals surface area contributed by atoms with Gasteiger partial charge in [-0.25, -0.2) is 8.78 Å². The maximum absolute atomic E-state index is 14.1. The summed E-state index contributed by atoms with van der Waals surface area (Å²) in [6.07, 6.45) is 1.73. The van der Waals surface area contributed by atoms with Crippen LogP contribution in [0.4, 0.5) is 8.78 Å². The molecule has 1 aliphatic rings. The molecule has 1 unspecified atom stereocenters. The smallest absolute Gasteiger partial charge is 0.130 e. The summed E-state index contributed by atoms with van der Waals surface area (Å²) in [7, 11) is 0. The summed E-state index contributed by atoms with van der Waals surface area (Å²) in [5, 5.41) is 3.28. The third kappa shape index (κ3) is 2.70. The highest BCUT2D eigenvalue weighted by molar-refractivity contribution is 5.34. The highest BCUT2D eigenvalue weighted by Crippen LogP contribution is 2.36. The van der Waals surface area contributed by atoms with Crippen molar-refractivity contribution in [2.75, 3.05) is 6.54 Å². The predicted octanol–water partition coefficient (Wildman–Crippen LogP) is 4.03. The van der Waals surface area contributed by atoms with Crippen molar-refractivity contribution in [1.82, 2.24) is 5.32 Å². The van der Waals surface area contributed by atoms with E-state index in [1.54, 1.807) is 0 Å². The molecule has 2 aromatic carbocycles. The van der Waals surface area contributed by atoms with Crippen LogP contribution in [0.1, 0.15) is 29.7 Å². The molecule has 0 heterocycles. The highest BCUT2D eigenvalue weighted by atomic mass is 19.1. The SMILES string of the molecule is CCNC(c1c(F)cccc1F)C1Cc2ccccc2C1. The lowest BCUT2D eigenvalue weighted by Gasteiger charge is -2.25. The van der Waals surface area contributed by atoms with Gasteiger partial charge in [0.2, 0.25) is 0 Å². The second-order valence-electron chi connectivity index (χ2n) is 5.61. The van der Waals surface area contributed by atoms with Gasteiger partial charge in [-0.2, -0.15) is 0 Å². The highest BCUT2D eigenvalue weighted by Gasteiger charge is 2.32. The van der Waals surface area contributed by atoms with Crippen molar-refractivity contribution < 1.29 is 8.78 Å². The van der Waals surface area contributed by atoms with Crippen LogP contribution < -0.4 is 5.32 Å². The van der Waals surface area contributed by atoms with Gasteiger partial charge in [-0.1, -0.05) is 37.3 Å². The van der Waals surface area contributed by atoms with E-state index < -0.39 is 11.6 Å². The van der Waals surface area contributed by atoms with E-state index in [4.69, 9.17) is 0 Å². The molecule has 0 fully saturated rings. The number of halogens is 2. The lowest BCUT2D eigenvalue weighted by atomic mass is 9.89. The van der Waals surface area contributed by atoms with E-state index in [9.17, 15) is 8.78 Å². The Kier molecular flexibility index (Phi) is 4.02. The molecule has 3 rings (SSSR count). The Labute approximate surface area is 124 Å².